The van der Waals surface area contributed by atoms with E-state index in [-0.39, 0.29) is 6.04 Å². The number of rotatable bonds is 4. The lowest BCUT2D eigenvalue weighted by molar-refractivity contribution is 0.731. The van der Waals surface area contributed by atoms with Crippen LogP contribution in [-0.4, -0.2) is 15.6 Å². The van der Waals surface area contributed by atoms with Crippen LogP contribution in [0.4, 0.5) is 0 Å². The van der Waals surface area contributed by atoms with Gasteiger partial charge in [0.1, 0.15) is 5.82 Å². The van der Waals surface area contributed by atoms with E-state index in [0.717, 1.165) is 29.4 Å². The molecule has 96 valence electrons. The van der Waals surface area contributed by atoms with Crippen LogP contribution in [0.5, 0.6) is 0 Å². The van der Waals surface area contributed by atoms with Crippen molar-refractivity contribution in [1.29, 1.82) is 0 Å². The van der Waals surface area contributed by atoms with Crippen LogP contribution in [0.15, 0.2) is 30.6 Å². The first-order valence-electron chi connectivity index (χ1n) is 6.18. The van der Waals surface area contributed by atoms with Crippen molar-refractivity contribution in [3.8, 4) is 5.69 Å². The molecule has 2 N–H and O–H groups in total. The van der Waals surface area contributed by atoms with Crippen molar-refractivity contribution < 1.29 is 0 Å². The van der Waals surface area contributed by atoms with Gasteiger partial charge in [-0.05, 0) is 31.0 Å². The minimum absolute atomic E-state index is 0.124. The van der Waals surface area contributed by atoms with Crippen LogP contribution < -0.4 is 5.73 Å². The number of nitrogens with two attached hydrogens (primary N) is 1. The van der Waals surface area contributed by atoms with E-state index in [1.807, 2.05) is 37.5 Å². The third-order valence-electron chi connectivity index (χ3n) is 2.88. The second-order valence-corrected chi connectivity index (χ2v) is 4.96. The van der Waals surface area contributed by atoms with Gasteiger partial charge in [-0.25, -0.2) is 4.98 Å². The Hall–Kier alpha value is -1.32. The van der Waals surface area contributed by atoms with Crippen LogP contribution in [0.2, 0.25) is 5.02 Å². The average Bonchev–Trinajstić information content (AvgIpc) is 2.79. The maximum atomic E-state index is 6.10. The first kappa shape index (κ1) is 13.1. The Morgan fingerprint density at radius 1 is 1.44 bits per heavy atom. The quantitative estimate of drug-likeness (QED) is 0.922. The van der Waals surface area contributed by atoms with E-state index in [9.17, 15) is 0 Å². The monoisotopic (exact) mass is 263 g/mol. The summed E-state index contributed by atoms with van der Waals surface area (Å²) in [6.45, 7) is 4.10. The third-order valence-corrected chi connectivity index (χ3v) is 3.12. The molecule has 0 spiro atoms. The number of benzene rings is 1. The fourth-order valence-electron chi connectivity index (χ4n) is 2.10. The second kappa shape index (κ2) is 5.55. The summed E-state index contributed by atoms with van der Waals surface area (Å²) < 4.78 is 2.09. The summed E-state index contributed by atoms with van der Waals surface area (Å²) in [4.78, 5) is 4.35. The lowest BCUT2D eigenvalue weighted by Gasteiger charge is -2.14. The Labute approximate surface area is 113 Å². The van der Waals surface area contributed by atoms with Gasteiger partial charge < -0.3 is 10.3 Å². The zero-order valence-corrected chi connectivity index (χ0v) is 11.5. The predicted molar refractivity (Wildman–Crippen MR) is 75.3 cm³/mol. The molecule has 0 amide bonds. The molecule has 3 nitrogen and oxygen atoms in total. The van der Waals surface area contributed by atoms with E-state index in [1.54, 1.807) is 0 Å². The predicted octanol–water partition coefficient (Wildman–Crippen LogP) is 2.98. The molecule has 1 unspecified atom stereocenters. The Balaban J connectivity index is 2.51. The van der Waals surface area contributed by atoms with Crippen molar-refractivity contribution in [3.05, 3.63) is 47.0 Å². The van der Waals surface area contributed by atoms with Gasteiger partial charge in [0, 0.05) is 29.9 Å². The number of hydrogen-bond donors (Lipinski definition) is 1. The normalized spacial score (nSPS) is 12.7. The molecule has 0 saturated heterocycles. The van der Waals surface area contributed by atoms with Crippen molar-refractivity contribution in [2.75, 3.05) is 0 Å². The standard InChI is InChI=1S/C14H18ClN3/c1-3-14-17-6-7-18(14)13-9-12(15)5-4-11(13)8-10(2)16/h4-7,9-10H,3,8,16H2,1-2H3. The van der Waals surface area contributed by atoms with Gasteiger partial charge in [0.2, 0.25) is 0 Å². The molecule has 4 heteroatoms. The molecule has 0 bridgehead atoms. The lowest BCUT2D eigenvalue weighted by atomic mass is 10.1. The molecule has 1 aromatic carbocycles. The summed E-state index contributed by atoms with van der Waals surface area (Å²) in [6.07, 6.45) is 5.50. The third kappa shape index (κ3) is 2.74. The van der Waals surface area contributed by atoms with E-state index in [4.69, 9.17) is 17.3 Å². The summed E-state index contributed by atoms with van der Waals surface area (Å²) in [6, 6.07) is 6.05. The van der Waals surface area contributed by atoms with E-state index in [0.29, 0.717) is 0 Å². The van der Waals surface area contributed by atoms with Gasteiger partial charge in [-0.15, -0.1) is 0 Å². The highest BCUT2D eigenvalue weighted by Crippen LogP contribution is 2.22. The summed E-state index contributed by atoms with van der Waals surface area (Å²) in [5.41, 5.74) is 8.17. The van der Waals surface area contributed by atoms with Gasteiger partial charge in [0.25, 0.3) is 0 Å². The smallest absolute Gasteiger partial charge is 0.112 e. The molecule has 1 heterocycles. The molecule has 0 aliphatic rings. The Bertz CT molecular complexity index is 532. The van der Waals surface area contributed by atoms with Crippen LogP contribution >= 0.6 is 11.6 Å². The van der Waals surface area contributed by atoms with Gasteiger partial charge in [0.15, 0.2) is 0 Å². The number of nitrogens with zero attached hydrogens (tertiary/aromatic N) is 2. The van der Waals surface area contributed by atoms with Crippen molar-refractivity contribution in [2.45, 2.75) is 32.7 Å². The molecule has 2 rings (SSSR count). The molecule has 2 aromatic rings. The molecular weight excluding hydrogens is 246 g/mol. The van der Waals surface area contributed by atoms with E-state index in [2.05, 4.69) is 16.5 Å². The maximum absolute atomic E-state index is 6.10. The van der Waals surface area contributed by atoms with Gasteiger partial charge in [0.05, 0.1) is 5.69 Å². The van der Waals surface area contributed by atoms with Crippen molar-refractivity contribution in [1.82, 2.24) is 9.55 Å². The first-order chi connectivity index (χ1) is 8.61. The molecule has 18 heavy (non-hydrogen) atoms. The molecule has 1 atom stereocenters. The zero-order valence-electron chi connectivity index (χ0n) is 10.7. The summed E-state index contributed by atoms with van der Waals surface area (Å²) >= 11 is 6.10. The Kier molecular flexibility index (Phi) is 4.04. The highest BCUT2D eigenvalue weighted by Gasteiger charge is 2.10. The Morgan fingerprint density at radius 2 is 2.22 bits per heavy atom. The fraction of sp³-hybridized carbons (Fsp3) is 0.357. The lowest BCUT2D eigenvalue weighted by Crippen LogP contribution is -2.19. The number of aromatic nitrogens is 2. The first-order valence-corrected chi connectivity index (χ1v) is 6.56. The minimum atomic E-state index is 0.124. The zero-order chi connectivity index (χ0) is 13.1. The molecule has 0 fully saturated rings. The molecule has 0 aliphatic heterocycles. The molecular formula is C14H18ClN3. The van der Waals surface area contributed by atoms with Gasteiger partial charge >= 0.3 is 0 Å². The summed E-state index contributed by atoms with van der Waals surface area (Å²) in [5.74, 6) is 1.03. The number of hydrogen-bond acceptors (Lipinski definition) is 2. The molecule has 1 aromatic heterocycles. The topological polar surface area (TPSA) is 43.8 Å². The van der Waals surface area contributed by atoms with E-state index >= 15 is 0 Å². The maximum Gasteiger partial charge on any atom is 0.112 e. The van der Waals surface area contributed by atoms with Crippen LogP contribution in [0.25, 0.3) is 5.69 Å². The van der Waals surface area contributed by atoms with Gasteiger partial charge in [-0.1, -0.05) is 24.6 Å². The summed E-state index contributed by atoms with van der Waals surface area (Å²) in [7, 11) is 0. The van der Waals surface area contributed by atoms with Crippen LogP contribution in [0, 0.1) is 0 Å². The van der Waals surface area contributed by atoms with Gasteiger partial charge in [-0.3, -0.25) is 0 Å². The average molecular weight is 264 g/mol. The number of aryl methyl sites for hydroxylation is 1. The van der Waals surface area contributed by atoms with E-state index in [1.165, 1.54) is 5.56 Å². The molecule has 0 aliphatic carbocycles. The van der Waals surface area contributed by atoms with Crippen LogP contribution in [-0.2, 0) is 12.8 Å². The number of halogens is 1. The molecule has 0 radical (unpaired) electrons. The van der Waals surface area contributed by atoms with Gasteiger partial charge in [-0.2, -0.15) is 0 Å². The summed E-state index contributed by atoms with van der Waals surface area (Å²) in [5, 5.41) is 0.731. The molecule has 0 saturated carbocycles. The second-order valence-electron chi connectivity index (χ2n) is 4.52. The largest absolute Gasteiger partial charge is 0.328 e. The minimum Gasteiger partial charge on any atom is -0.328 e. The fourth-order valence-corrected chi connectivity index (χ4v) is 2.26. The van der Waals surface area contributed by atoms with Crippen LogP contribution in [0.3, 0.4) is 0 Å². The van der Waals surface area contributed by atoms with Crippen molar-refractivity contribution in [2.24, 2.45) is 5.73 Å². The van der Waals surface area contributed by atoms with Crippen molar-refractivity contribution >= 4 is 11.6 Å². The SMILES string of the molecule is CCc1nccn1-c1cc(Cl)ccc1CC(C)N. The highest BCUT2D eigenvalue weighted by atomic mass is 35.5. The van der Waals surface area contributed by atoms with Crippen LogP contribution in [0.1, 0.15) is 25.2 Å². The Morgan fingerprint density at radius 3 is 2.89 bits per heavy atom. The van der Waals surface area contributed by atoms with Crippen molar-refractivity contribution in [3.63, 3.8) is 0 Å². The number of imidazole rings is 1. The highest BCUT2D eigenvalue weighted by molar-refractivity contribution is 6.30. The van der Waals surface area contributed by atoms with E-state index < -0.39 is 0 Å².